The molecule has 0 bridgehead atoms. The number of benzene rings is 2. The first-order chi connectivity index (χ1) is 15.8. The van der Waals surface area contributed by atoms with Crippen molar-refractivity contribution in [2.24, 2.45) is 11.8 Å². The molecule has 10 heteroatoms. The van der Waals surface area contributed by atoms with E-state index in [1.165, 1.54) is 12.1 Å². The zero-order valence-electron chi connectivity index (χ0n) is 17.6. The van der Waals surface area contributed by atoms with Gasteiger partial charge in [0.2, 0.25) is 17.7 Å². The molecule has 2 aromatic rings. The van der Waals surface area contributed by atoms with E-state index in [1.54, 1.807) is 0 Å². The van der Waals surface area contributed by atoms with E-state index in [1.807, 2.05) is 30.0 Å². The third kappa shape index (κ3) is 2.38. The van der Waals surface area contributed by atoms with E-state index >= 15 is 0 Å². The van der Waals surface area contributed by atoms with Crippen LogP contribution in [0.5, 0.6) is 0 Å². The maximum atomic E-state index is 13.9. The predicted octanol–water partition coefficient (Wildman–Crippen LogP) is 2.99. The lowest BCUT2D eigenvalue weighted by atomic mass is 9.75. The molecule has 6 rings (SSSR count). The van der Waals surface area contributed by atoms with Crippen LogP contribution in [0.15, 0.2) is 36.4 Å². The predicted molar refractivity (Wildman–Crippen MR) is 119 cm³/mol. The average Bonchev–Trinajstić information content (AvgIpc) is 3.47. The largest absolute Gasteiger partial charge is 0.324 e. The summed E-state index contributed by atoms with van der Waals surface area (Å²) in [6.45, 7) is 2.55. The summed E-state index contributed by atoms with van der Waals surface area (Å²) in [4.78, 5) is 54.8. The first-order valence-corrected chi connectivity index (χ1v) is 11.2. The first kappa shape index (κ1) is 20.3. The summed E-state index contributed by atoms with van der Waals surface area (Å²) in [6.07, 6.45) is 1.53. The summed E-state index contributed by atoms with van der Waals surface area (Å²) < 4.78 is 0. The summed E-state index contributed by atoms with van der Waals surface area (Å²) in [5.41, 5.74) is 0.946. The van der Waals surface area contributed by atoms with Gasteiger partial charge in [-0.3, -0.25) is 29.4 Å². The molecular formula is C23H19ClN4O5. The molecule has 3 amide bonds. The van der Waals surface area contributed by atoms with Gasteiger partial charge in [0.25, 0.3) is 5.69 Å². The SMILES string of the molecule is Cc1ccc2c(c1)[C@]1(C(=O)N2)[C@@H]2C(=O)N(c3ccc([N+](=O)[O-])cc3Cl)C(=O)[C@H]2[C@@H]2CCCN21. The number of non-ortho nitro benzene ring substituents is 1. The van der Waals surface area contributed by atoms with Gasteiger partial charge in [0, 0.05) is 29.4 Å². The highest BCUT2D eigenvalue weighted by Crippen LogP contribution is 2.61. The van der Waals surface area contributed by atoms with Gasteiger partial charge in [0.15, 0.2) is 0 Å². The Morgan fingerprint density at radius 3 is 2.67 bits per heavy atom. The maximum Gasteiger partial charge on any atom is 0.271 e. The number of hydrogen-bond acceptors (Lipinski definition) is 6. The van der Waals surface area contributed by atoms with Crippen LogP contribution in [0.1, 0.15) is 24.0 Å². The Morgan fingerprint density at radius 1 is 1.15 bits per heavy atom. The fourth-order valence-corrected chi connectivity index (χ4v) is 6.60. The molecule has 0 aromatic heterocycles. The standard InChI is InChI=1S/C23H19ClN4O5/c1-11-4-6-15-13(9-11)23(22(31)25-15)19-18(17-3-2-8-26(17)23)20(29)27(21(19)30)16-7-5-12(28(32)33)10-14(16)24/h4-7,9-10,17-19H,2-3,8H2,1H3,(H,25,31)/t17-,18-,19-,23+/m0/s1. The second-order valence-corrected chi connectivity index (χ2v) is 9.49. The van der Waals surface area contributed by atoms with Gasteiger partial charge in [0.05, 0.1) is 27.5 Å². The van der Waals surface area contributed by atoms with Gasteiger partial charge in [-0.2, -0.15) is 0 Å². The van der Waals surface area contributed by atoms with Crippen LogP contribution in [0.2, 0.25) is 5.02 Å². The number of fused-ring (bicyclic) bond motifs is 7. The molecule has 2 aromatic carbocycles. The van der Waals surface area contributed by atoms with Crippen molar-refractivity contribution in [2.45, 2.75) is 31.3 Å². The molecule has 0 saturated carbocycles. The van der Waals surface area contributed by atoms with Gasteiger partial charge >= 0.3 is 0 Å². The number of nitro groups is 1. The van der Waals surface area contributed by atoms with Crippen LogP contribution in [0.25, 0.3) is 0 Å². The quantitative estimate of drug-likeness (QED) is 0.413. The van der Waals surface area contributed by atoms with Gasteiger partial charge in [-0.25, -0.2) is 4.90 Å². The number of nitrogens with one attached hydrogen (secondary N) is 1. The average molecular weight is 467 g/mol. The van der Waals surface area contributed by atoms with Gasteiger partial charge in [-0.1, -0.05) is 29.3 Å². The van der Waals surface area contributed by atoms with Crippen molar-refractivity contribution in [1.29, 1.82) is 0 Å². The van der Waals surface area contributed by atoms with E-state index in [9.17, 15) is 24.5 Å². The van der Waals surface area contributed by atoms with Crippen molar-refractivity contribution in [1.82, 2.24) is 4.90 Å². The van der Waals surface area contributed by atoms with Crippen molar-refractivity contribution in [2.75, 3.05) is 16.8 Å². The molecule has 4 atom stereocenters. The Balaban J connectivity index is 1.53. The Morgan fingerprint density at radius 2 is 1.94 bits per heavy atom. The minimum Gasteiger partial charge on any atom is -0.324 e. The Hall–Kier alpha value is -3.30. The number of hydrogen-bond donors (Lipinski definition) is 1. The zero-order valence-corrected chi connectivity index (χ0v) is 18.3. The molecule has 4 aliphatic heterocycles. The smallest absolute Gasteiger partial charge is 0.271 e. The monoisotopic (exact) mass is 466 g/mol. The van der Waals surface area contributed by atoms with E-state index in [-0.39, 0.29) is 28.3 Å². The Kier molecular flexibility index (Phi) is 4.07. The third-order valence-corrected chi connectivity index (χ3v) is 7.83. The maximum absolute atomic E-state index is 13.9. The highest BCUT2D eigenvalue weighted by molar-refractivity contribution is 6.36. The Labute approximate surface area is 193 Å². The van der Waals surface area contributed by atoms with Crippen LogP contribution in [-0.4, -0.2) is 40.1 Å². The minimum atomic E-state index is -1.26. The van der Waals surface area contributed by atoms with E-state index in [4.69, 9.17) is 11.6 Å². The molecule has 4 aliphatic rings. The van der Waals surface area contributed by atoms with Crippen molar-refractivity contribution in [3.63, 3.8) is 0 Å². The lowest BCUT2D eigenvalue weighted by molar-refractivity contribution is -0.384. The summed E-state index contributed by atoms with van der Waals surface area (Å²) in [5, 5.41) is 14.0. The van der Waals surface area contributed by atoms with Crippen LogP contribution in [0, 0.1) is 28.9 Å². The molecule has 9 nitrogen and oxygen atoms in total. The van der Waals surface area contributed by atoms with E-state index in [2.05, 4.69) is 5.32 Å². The highest BCUT2D eigenvalue weighted by atomic mass is 35.5. The molecule has 3 saturated heterocycles. The third-order valence-electron chi connectivity index (χ3n) is 7.53. The van der Waals surface area contributed by atoms with E-state index in [0.29, 0.717) is 18.7 Å². The summed E-state index contributed by atoms with van der Waals surface area (Å²) in [7, 11) is 0. The van der Waals surface area contributed by atoms with Crippen LogP contribution < -0.4 is 10.2 Å². The number of imide groups is 1. The van der Waals surface area contributed by atoms with Gasteiger partial charge in [0.1, 0.15) is 5.54 Å². The molecule has 0 unspecified atom stereocenters. The molecule has 0 radical (unpaired) electrons. The lowest BCUT2D eigenvalue weighted by Crippen LogP contribution is -2.54. The molecule has 4 heterocycles. The first-order valence-electron chi connectivity index (χ1n) is 10.8. The molecule has 3 fully saturated rings. The summed E-state index contributed by atoms with van der Waals surface area (Å²) >= 11 is 6.29. The van der Waals surface area contributed by atoms with Crippen molar-refractivity contribution < 1.29 is 19.3 Å². The fraction of sp³-hybridized carbons (Fsp3) is 0.348. The number of amides is 3. The Bertz CT molecular complexity index is 1300. The van der Waals surface area contributed by atoms with Gasteiger partial charge in [-0.05, 0) is 38.4 Å². The molecule has 168 valence electrons. The number of carbonyl (C=O) groups excluding carboxylic acids is 3. The molecule has 0 aliphatic carbocycles. The normalized spacial score (nSPS) is 30.1. The molecule has 1 N–H and O–H groups in total. The molecule has 33 heavy (non-hydrogen) atoms. The number of nitrogens with zero attached hydrogens (tertiary/aromatic N) is 3. The number of carbonyl (C=O) groups is 3. The zero-order chi connectivity index (χ0) is 23.2. The second kappa shape index (κ2) is 6.61. The number of rotatable bonds is 2. The van der Waals surface area contributed by atoms with Gasteiger partial charge in [-0.15, -0.1) is 0 Å². The topological polar surface area (TPSA) is 113 Å². The summed E-state index contributed by atoms with van der Waals surface area (Å²) in [6, 6.07) is 9.08. The molecule has 1 spiro atoms. The number of aryl methyl sites for hydroxylation is 1. The lowest BCUT2D eigenvalue weighted by Gasteiger charge is -2.36. The molecular weight excluding hydrogens is 448 g/mol. The van der Waals surface area contributed by atoms with Crippen LogP contribution in [-0.2, 0) is 19.9 Å². The van der Waals surface area contributed by atoms with Crippen LogP contribution in [0.3, 0.4) is 0 Å². The van der Waals surface area contributed by atoms with Crippen molar-refractivity contribution in [3.8, 4) is 0 Å². The summed E-state index contributed by atoms with van der Waals surface area (Å²) in [5.74, 6) is -2.79. The van der Waals surface area contributed by atoms with E-state index < -0.39 is 34.1 Å². The van der Waals surface area contributed by atoms with Crippen molar-refractivity contribution in [3.05, 3.63) is 62.7 Å². The highest BCUT2D eigenvalue weighted by Gasteiger charge is 2.74. The number of nitro benzene ring substituents is 1. The van der Waals surface area contributed by atoms with Gasteiger partial charge < -0.3 is 5.32 Å². The fourth-order valence-electron chi connectivity index (χ4n) is 6.35. The van der Waals surface area contributed by atoms with Crippen LogP contribution >= 0.6 is 11.6 Å². The van der Waals surface area contributed by atoms with E-state index in [0.717, 1.165) is 28.5 Å². The van der Waals surface area contributed by atoms with Crippen molar-refractivity contribution >= 4 is 46.4 Å². The second-order valence-electron chi connectivity index (χ2n) is 9.08. The number of anilines is 2. The number of halogens is 1. The van der Waals surface area contributed by atoms with Crippen LogP contribution in [0.4, 0.5) is 17.1 Å². The minimum absolute atomic E-state index is 0.0599.